The molecule has 2 N–H and O–H groups in total. The number of aliphatic hydroxyl groups excluding tert-OH is 1. The molecule has 1 aliphatic rings. The standard InChI is InChI=1S/C12H18N4O2/c1-9(16-6-3-10(7-16)8-17)11(18)15-12-13-4-2-5-14-12/h2,4-5,9-10,17H,3,6-8H2,1H3,(H,13,14,15,18). The maximum absolute atomic E-state index is 12.0. The second-order valence-corrected chi connectivity index (χ2v) is 4.57. The number of nitrogens with one attached hydrogen (secondary N) is 1. The first kappa shape index (κ1) is 12.9. The largest absolute Gasteiger partial charge is 0.396 e. The number of carbonyl (C=O) groups is 1. The van der Waals surface area contributed by atoms with Crippen molar-refractivity contribution in [2.24, 2.45) is 5.92 Å². The van der Waals surface area contributed by atoms with Gasteiger partial charge in [-0.25, -0.2) is 9.97 Å². The molecule has 6 nitrogen and oxygen atoms in total. The molecule has 1 aliphatic heterocycles. The Balaban J connectivity index is 1.89. The molecule has 0 bridgehead atoms. The van der Waals surface area contributed by atoms with Gasteiger partial charge in [-0.05, 0) is 31.9 Å². The van der Waals surface area contributed by atoms with Crippen LogP contribution in [0.2, 0.25) is 0 Å². The molecule has 2 rings (SSSR count). The topological polar surface area (TPSA) is 78.4 Å². The van der Waals surface area contributed by atoms with Crippen LogP contribution in [0.5, 0.6) is 0 Å². The van der Waals surface area contributed by atoms with Crippen LogP contribution >= 0.6 is 0 Å². The highest BCUT2D eigenvalue weighted by Crippen LogP contribution is 2.18. The Labute approximate surface area is 106 Å². The summed E-state index contributed by atoms with van der Waals surface area (Å²) in [6, 6.07) is 1.47. The molecule has 1 aromatic heterocycles. The lowest BCUT2D eigenvalue weighted by Gasteiger charge is -2.22. The van der Waals surface area contributed by atoms with Gasteiger partial charge >= 0.3 is 0 Å². The van der Waals surface area contributed by atoms with Crippen LogP contribution in [-0.2, 0) is 4.79 Å². The highest BCUT2D eigenvalue weighted by molar-refractivity contribution is 5.93. The second-order valence-electron chi connectivity index (χ2n) is 4.57. The van der Waals surface area contributed by atoms with Crippen LogP contribution in [0.3, 0.4) is 0 Å². The number of aliphatic hydroxyl groups is 1. The predicted octanol–water partition coefficient (Wildman–Crippen LogP) is 0.118. The number of rotatable bonds is 4. The third kappa shape index (κ3) is 3.02. The molecule has 2 heterocycles. The van der Waals surface area contributed by atoms with Crippen molar-refractivity contribution in [3.63, 3.8) is 0 Å². The number of anilines is 1. The van der Waals surface area contributed by atoms with Gasteiger partial charge in [-0.15, -0.1) is 0 Å². The summed E-state index contributed by atoms with van der Waals surface area (Å²) in [7, 11) is 0. The van der Waals surface area contributed by atoms with Gasteiger partial charge in [0.15, 0.2) is 0 Å². The number of hydrogen-bond donors (Lipinski definition) is 2. The molecule has 0 aliphatic carbocycles. The normalized spacial score (nSPS) is 21.8. The van der Waals surface area contributed by atoms with Gasteiger partial charge in [0, 0.05) is 25.5 Å². The van der Waals surface area contributed by atoms with E-state index in [9.17, 15) is 4.79 Å². The lowest BCUT2D eigenvalue weighted by atomic mass is 10.1. The Morgan fingerprint density at radius 2 is 2.33 bits per heavy atom. The summed E-state index contributed by atoms with van der Waals surface area (Å²) in [5.41, 5.74) is 0. The van der Waals surface area contributed by atoms with E-state index in [4.69, 9.17) is 5.11 Å². The van der Waals surface area contributed by atoms with Gasteiger partial charge in [0.2, 0.25) is 11.9 Å². The van der Waals surface area contributed by atoms with Crippen LogP contribution in [-0.4, -0.2) is 51.6 Å². The molecule has 6 heteroatoms. The van der Waals surface area contributed by atoms with E-state index in [1.165, 1.54) is 0 Å². The van der Waals surface area contributed by atoms with Crippen molar-refractivity contribution in [1.82, 2.24) is 14.9 Å². The Bertz CT molecular complexity index is 398. The minimum absolute atomic E-state index is 0.111. The minimum atomic E-state index is -0.231. The molecular weight excluding hydrogens is 232 g/mol. The number of hydrogen-bond acceptors (Lipinski definition) is 5. The van der Waals surface area contributed by atoms with Crippen molar-refractivity contribution in [3.05, 3.63) is 18.5 Å². The number of amides is 1. The fourth-order valence-corrected chi connectivity index (χ4v) is 2.11. The van der Waals surface area contributed by atoms with Crippen molar-refractivity contribution in [2.45, 2.75) is 19.4 Å². The monoisotopic (exact) mass is 250 g/mol. The fraction of sp³-hybridized carbons (Fsp3) is 0.583. The maximum atomic E-state index is 12.0. The number of aromatic nitrogens is 2. The molecule has 1 aromatic rings. The Kier molecular flexibility index (Phi) is 4.22. The third-order valence-corrected chi connectivity index (χ3v) is 3.30. The van der Waals surface area contributed by atoms with Crippen LogP contribution in [0.25, 0.3) is 0 Å². The smallest absolute Gasteiger partial charge is 0.243 e. The van der Waals surface area contributed by atoms with Crippen LogP contribution in [0.4, 0.5) is 5.95 Å². The zero-order valence-corrected chi connectivity index (χ0v) is 10.4. The SMILES string of the molecule is CC(C(=O)Nc1ncccn1)N1CCC(CO)C1. The van der Waals surface area contributed by atoms with Crippen molar-refractivity contribution < 1.29 is 9.90 Å². The third-order valence-electron chi connectivity index (χ3n) is 3.30. The second kappa shape index (κ2) is 5.88. The van der Waals surface area contributed by atoms with E-state index in [0.29, 0.717) is 5.95 Å². The molecule has 1 saturated heterocycles. The van der Waals surface area contributed by atoms with E-state index in [0.717, 1.165) is 19.5 Å². The fourth-order valence-electron chi connectivity index (χ4n) is 2.11. The van der Waals surface area contributed by atoms with Gasteiger partial charge < -0.3 is 5.11 Å². The number of likely N-dealkylation sites (tertiary alicyclic amines) is 1. The Morgan fingerprint density at radius 1 is 1.61 bits per heavy atom. The van der Waals surface area contributed by atoms with Gasteiger partial charge in [0.1, 0.15) is 0 Å². The van der Waals surface area contributed by atoms with E-state index >= 15 is 0 Å². The van der Waals surface area contributed by atoms with E-state index in [1.54, 1.807) is 18.5 Å². The average Bonchev–Trinajstić information content (AvgIpc) is 2.87. The highest BCUT2D eigenvalue weighted by atomic mass is 16.3. The summed E-state index contributed by atoms with van der Waals surface area (Å²) < 4.78 is 0. The van der Waals surface area contributed by atoms with Crippen molar-refractivity contribution in [3.8, 4) is 0 Å². The van der Waals surface area contributed by atoms with Gasteiger partial charge in [-0.2, -0.15) is 0 Å². The van der Waals surface area contributed by atoms with Crippen LogP contribution in [0, 0.1) is 5.92 Å². The summed E-state index contributed by atoms with van der Waals surface area (Å²) in [5.74, 6) is 0.500. The van der Waals surface area contributed by atoms with E-state index < -0.39 is 0 Å². The quantitative estimate of drug-likeness (QED) is 0.793. The lowest BCUT2D eigenvalue weighted by Crippen LogP contribution is -2.41. The highest BCUT2D eigenvalue weighted by Gasteiger charge is 2.29. The van der Waals surface area contributed by atoms with Gasteiger partial charge in [-0.1, -0.05) is 0 Å². The van der Waals surface area contributed by atoms with E-state index in [-0.39, 0.29) is 24.5 Å². The first-order valence-corrected chi connectivity index (χ1v) is 6.13. The molecule has 0 spiro atoms. The summed E-state index contributed by atoms with van der Waals surface area (Å²) in [5, 5.41) is 11.8. The predicted molar refractivity (Wildman–Crippen MR) is 66.9 cm³/mol. The zero-order chi connectivity index (χ0) is 13.0. The molecule has 1 fully saturated rings. The minimum Gasteiger partial charge on any atom is -0.396 e. The van der Waals surface area contributed by atoms with Crippen LogP contribution in [0.1, 0.15) is 13.3 Å². The molecule has 0 aromatic carbocycles. The first-order valence-electron chi connectivity index (χ1n) is 6.13. The van der Waals surface area contributed by atoms with Crippen LogP contribution < -0.4 is 5.32 Å². The number of nitrogens with zero attached hydrogens (tertiary/aromatic N) is 3. The summed E-state index contributed by atoms with van der Waals surface area (Å²) in [6.45, 7) is 3.65. The number of carbonyl (C=O) groups excluding carboxylic acids is 1. The lowest BCUT2D eigenvalue weighted by molar-refractivity contribution is -0.120. The molecular formula is C12H18N4O2. The maximum Gasteiger partial charge on any atom is 0.243 e. The molecule has 0 saturated carbocycles. The van der Waals surface area contributed by atoms with Crippen molar-refractivity contribution in [1.29, 1.82) is 0 Å². The summed E-state index contributed by atoms with van der Waals surface area (Å²) in [4.78, 5) is 22.0. The zero-order valence-electron chi connectivity index (χ0n) is 10.4. The molecule has 98 valence electrons. The van der Waals surface area contributed by atoms with Crippen molar-refractivity contribution in [2.75, 3.05) is 25.0 Å². The summed E-state index contributed by atoms with van der Waals surface area (Å²) >= 11 is 0. The molecule has 0 radical (unpaired) electrons. The van der Waals surface area contributed by atoms with Crippen LogP contribution in [0.15, 0.2) is 18.5 Å². The van der Waals surface area contributed by atoms with Crippen molar-refractivity contribution >= 4 is 11.9 Å². The summed E-state index contributed by atoms with van der Waals surface area (Å²) in [6.07, 6.45) is 4.12. The van der Waals surface area contributed by atoms with Gasteiger partial charge in [0.25, 0.3) is 0 Å². The molecule has 1 amide bonds. The van der Waals surface area contributed by atoms with Gasteiger partial charge in [-0.3, -0.25) is 15.0 Å². The van der Waals surface area contributed by atoms with E-state index in [2.05, 4.69) is 20.2 Å². The first-order chi connectivity index (χ1) is 8.70. The Morgan fingerprint density at radius 3 is 2.94 bits per heavy atom. The average molecular weight is 250 g/mol. The van der Waals surface area contributed by atoms with E-state index in [1.807, 2.05) is 6.92 Å². The van der Waals surface area contributed by atoms with Gasteiger partial charge in [0.05, 0.1) is 6.04 Å². The molecule has 2 unspecified atom stereocenters. The Hall–Kier alpha value is -1.53. The molecule has 18 heavy (non-hydrogen) atoms. The molecule has 2 atom stereocenters.